The van der Waals surface area contributed by atoms with Crippen LogP contribution in [0.3, 0.4) is 0 Å². The lowest BCUT2D eigenvalue weighted by Gasteiger charge is -2.18. The first-order valence-corrected chi connectivity index (χ1v) is 29.7. The predicted octanol–water partition coefficient (Wildman–Crippen LogP) is 20.1. The highest BCUT2D eigenvalue weighted by Crippen LogP contribution is 2.16. The van der Waals surface area contributed by atoms with Crippen molar-refractivity contribution in [1.82, 2.24) is 0 Å². The maximum atomic E-state index is 12.8. The minimum atomic E-state index is -0.810. The average Bonchev–Trinajstić information content (AvgIpc) is 3.37. The van der Waals surface area contributed by atoms with Crippen LogP contribution in [-0.2, 0) is 28.6 Å². The van der Waals surface area contributed by atoms with Gasteiger partial charge in [0, 0.05) is 19.3 Å². The molecule has 0 heterocycles. The lowest BCUT2D eigenvalue weighted by molar-refractivity contribution is -0.167. The van der Waals surface area contributed by atoms with E-state index < -0.39 is 6.10 Å². The Bertz CT molecular complexity index is 1410. The molecule has 0 amide bonds. The van der Waals surface area contributed by atoms with Crippen molar-refractivity contribution >= 4 is 17.9 Å². The molecule has 0 saturated heterocycles. The second-order valence-corrected chi connectivity index (χ2v) is 19.5. The standard InChI is InChI=1S/C65H110O6/c1-4-7-10-13-16-19-22-25-28-30-31-32-33-35-38-40-43-46-49-52-55-58-64(67)70-61-62(71-65(68)59-56-53-50-47-44-41-36-27-24-21-18-15-12-9-6-3)60-69-63(66)57-54-51-48-45-42-39-37-34-29-26-23-20-17-14-11-8-5-2/h8-9,11-12,17-18,20-21,26-27,29,36-37,39,44,47,62H,4-7,10,13-16,19,22-25,28,30-35,38,40-43,45-46,48-61H2,1-3H3/b11-8-,12-9-,20-17-,21-18-,29-26-,36-27-,39-37-,47-44-/t62-/m1/s1. The van der Waals surface area contributed by atoms with E-state index in [4.69, 9.17) is 14.2 Å². The number of allylic oxidation sites excluding steroid dienone is 16. The first-order valence-electron chi connectivity index (χ1n) is 29.7. The number of carbonyl (C=O) groups excluding carboxylic acids is 3. The van der Waals surface area contributed by atoms with Crippen molar-refractivity contribution in [3.05, 3.63) is 97.2 Å². The summed E-state index contributed by atoms with van der Waals surface area (Å²) in [4.78, 5) is 38.2. The average molecular weight is 988 g/mol. The maximum absolute atomic E-state index is 12.8. The zero-order valence-electron chi connectivity index (χ0n) is 46.5. The third kappa shape index (κ3) is 57.1. The number of esters is 3. The molecule has 6 heteroatoms. The SMILES string of the molecule is CC/C=C\C/C=C\C/C=C\C/C=C\CCCCCCC(=O)OC[C@H](COC(=O)CCCCCCCCCCCCCCCCCCCCCCC)OC(=O)CCCC/C=C\C/C=C\C/C=C\C/C=C\CC. The molecule has 0 bridgehead atoms. The van der Waals surface area contributed by atoms with Crippen molar-refractivity contribution in [2.24, 2.45) is 0 Å². The number of carbonyl (C=O) groups is 3. The van der Waals surface area contributed by atoms with Crippen molar-refractivity contribution in [3.8, 4) is 0 Å². The minimum Gasteiger partial charge on any atom is -0.462 e. The molecule has 0 saturated carbocycles. The third-order valence-electron chi connectivity index (χ3n) is 12.6. The summed E-state index contributed by atoms with van der Waals surface area (Å²) in [7, 11) is 0. The van der Waals surface area contributed by atoms with E-state index in [-0.39, 0.29) is 37.5 Å². The van der Waals surface area contributed by atoms with Crippen LogP contribution >= 0.6 is 0 Å². The quantitative estimate of drug-likeness (QED) is 0.0261. The molecule has 0 unspecified atom stereocenters. The highest BCUT2D eigenvalue weighted by molar-refractivity contribution is 5.71. The number of unbranched alkanes of at least 4 members (excludes halogenated alkanes) is 26. The van der Waals surface area contributed by atoms with E-state index in [1.165, 1.54) is 116 Å². The van der Waals surface area contributed by atoms with Gasteiger partial charge < -0.3 is 14.2 Å². The molecule has 6 nitrogen and oxygen atoms in total. The van der Waals surface area contributed by atoms with E-state index >= 15 is 0 Å². The fraction of sp³-hybridized carbons (Fsp3) is 0.708. The highest BCUT2D eigenvalue weighted by Gasteiger charge is 2.19. The molecule has 71 heavy (non-hydrogen) atoms. The first-order chi connectivity index (χ1) is 35.0. The van der Waals surface area contributed by atoms with Gasteiger partial charge in [-0.1, -0.05) is 259 Å². The lowest BCUT2D eigenvalue weighted by Crippen LogP contribution is -2.30. The van der Waals surface area contributed by atoms with Crippen molar-refractivity contribution in [3.63, 3.8) is 0 Å². The smallest absolute Gasteiger partial charge is 0.306 e. The summed E-state index contributed by atoms with van der Waals surface area (Å²) in [5, 5.41) is 0. The normalized spacial score (nSPS) is 12.8. The molecule has 0 aliphatic carbocycles. The van der Waals surface area contributed by atoms with E-state index in [1.54, 1.807) is 0 Å². The Morgan fingerprint density at radius 3 is 0.887 bits per heavy atom. The summed E-state index contributed by atoms with van der Waals surface area (Å²) < 4.78 is 16.8. The van der Waals surface area contributed by atoms with Gasteiger partial charge in [-0.05, 0) is 96.3 Å². The van der Waals surface area contributed by atoms with E-state index in [1.807, 2.05) is 0 Å². The largest absolute Gasteiger partial charge is 0.462 e. The van der Waals surface area contributed by atoms with Crippen molar-refractivity contribution < 1.29 is 28.6 Å². The Kier molecular flexibility index (Phi) is 55.9. The Balaban J connectivity index is 4.42. The minimum absolute atomic E-state index is 0.101. The van der Waals surface area contributed by atoms with Gasteiger partial charge in [-0.2, -0.15) is 0 Å². The van der Waals surface area contributed by atoms with Gasteiger partial charge in [0.05, 0.1) is 0 Å². The van der Waals surface area contributed by atoms with Crippen LogP contribution in [0.25, 0.3) is 0 Å². The van der Waals surface area contributed by atoms with Gasteiger partial charge in [0.2, 0.25) is 0 Å². The summed E-state index contributed by atoms with van der Waals surface area (Å²) in [6.45, 7) is 6.38. The van der Waals surface area contributed by atoms with Crippen LogP contribution in [0.5, 0.6) is 0 Å². The van der Waals surface area contributed by atoms with Gasteiger partial charge >= 0.3 is 17.9 Å². The Hall–Kier alpha value is -3.67. The van der Waals surface area contributed by atoms with Crippen molar-refractivity contribution in [2.45, 2.75) is 284 Å². The molecule has 0 rings (SSSR count). The molecule has 0 aromatic rings. The third-order valence-corrected chi connectivity index (χ3v) is 12.6. The summed E-state index contributed by atoms with van der Waals surface area (Å²) in [5.74, 6) is -0.961. The molecule has 406 valence electrons. The predicted molar refractivity (Wildman–Crippen MR) is 307 cm³/mol. The topological polar surface area (TPSA) is 78.9 Å². The molecule has 1 atom stereocenters. The molecule has 0 radical (unpaired) electrons. The van der Waals surface area contributed by atoms with Gasteiger partial charge in [-0.25, -0.2) is 0 Å². The number of rotatable bonds is 53. The molecule has 0 aliphatic rings. The fourth-order valence-corrected chi connectivity index (χ4v) is 8.19. The van der Waals surface area contributed by atoms with Gasteiger partial charge in [0.15, 0.2) is 6.10 Å². The Labute approximate surface area is 438 Å². The van der Waals surface area contributed by atoms with Crippen LogP contribution in [0.2, 0.25) is 0 Å². The van der Waals surface area contributed by atoms with Crippen LogP contribution in [-0.4, -0.2) is 37.2 Å². The molecule has 0 aliphatic heterocycles. The van der Waals surface area contributed by atoms with Gasteiger partial charge in [-0.15, -0.1) is 0 Å². The van der Waals surface area contributed by atoms with Crippen molar-refractivity contribution in [1.29, 1.82) is 0 Å². The van der Waals surface area contributed by atoms with Crippen LogP contribution in [0.1, 0.15) is 278 Å². The van der Waals surface area contributed by atoms with Crippen LogP contribution < -0.4 is 0 Å². The highest BCUT2D eigenvalue weighted by atomic mass is 16.6. The van der Waals surface area contributed by atoms with Crippen LogP contribution in [0.15, 0.2) is 97.2 Å². The molecule has 0 aromatic heterocycles. The van der Waals surface area contributed by atoms with Crippen LogP contribution in [0, 0.1) is 0 Å². The number of hydrogen-bond acceptors (Lipinski definition) is 6. The van der Waals surface area contributed by atoms with Gasteiger partial charge in [0.1, 0.15) is 13.2 Å². The second kappa shape index (κ2) is 58.9. The first kappa shape index (κ1) is 67.3. The summed E-state index contributed by atoms with van der Waals surface area (Å²) in [6.07, 6.45) is 78.4. The summed E-state index contributed by atoms with van der Waals surface area (Å²) in [6, 6.07) is 0. The Morgan fingerprint density at radius 1 is 0.296 bits per heavy atom. The zero-order chi connectivity index (χ0) is 51.4. The van der Waals surface area contributed by atoms with E-state index in [0.717, 1.165) is 116 Å². The van der Waals surface area contributed by atoms with Gasteiger partial charge in [0.25, 0.3) is 0 Å². The number of hydrogen-bond donors (Lipinski definition) is 0. The molecule has 0 fully saturated rings. The molecule has 0 aromatic carbocycles. The molecular formula is C65H110O6. The van der Waals surface area contributed by atoms with E-state index in [0.29, 0.717) is 19.3 Å². The molecule has 0 spiro atoms. The maximum Gasteiger partial charge on any atom is 0.306 e. The lowest BCUT2D eigenvalue weighted by atomic mass is 10.0. The fourth-order valence-electron chi connectivity index (χ4n) is 8.19. The van der Waals surface area contributed by atoms with E-state index in [2.05, 4.69) is 118 Å². The van der Waals surface area contributed by atoms with E-state index in [9.17, 15) is 14.4 Å². The summed E-state index contributed by atoms with van der Waals surface area (Å²) >= 11 is 0. The number of ether oxygens (including phenoxy) is 3. The monoisotopic (exact) mass is 987 g/mol. The van der Waals surface area contributed by atoms with Crippen molar-refractivity contribution in [2.75, 3.05) is 13.2 Å². The van der Waals surface area contributed by atoms with Gasteiger partial charge in [-0.3, -0.25) is 14.4 Å². The summed E-state index contributed by atoms with van der Waals surface area (Å²) in [5.41, 5.74) is 0. The second-order valence-electron chi connectivity index (χ2n) is 19.5. The molecular weight excluding hydrogens is 877 g/mol. The Morgan fingerprint density at radius 2 is 0.549 bits per heavy atom. The molecule has 0 N–H and O–H groups in total. The van der Waals surface area contributed by atoms with Crippen LogP contribution in [0.4, 0.5) is 0 Å². The zero-order valence-corrected chi connectivity index (χ0v) is 46.5.